The van der Waals surface area contributed by atoms with E-state index in [4.69, 9.17) is 0 Å². The van der Waals surface area contributed by atoms with Gasteiger partial charge in [0, 0.05) is 16.0 Å². The Balaban J connectivity index is 1.81. The molecule has 0 amide bonds. The smallest absolute Gasteiger partial charge is 0.0323 e. The van der Waals surface area contributed by atoms with Gasteiger partial charge in [-0.1, -0.05) is 52.9 Å². The van der Waals surface area contributed by atoms with Crippen LogP contribution in [0.15, 0.2) is 30.3 Å². The van der Waals surface area contributed by atoms with Crippen molar-refractivity contribution >= 4 is 22.6 Å². The minimum absolute atomic E-state index is 0.585. The van der Waals surface area contributed by atoms with Gasteiger partial charge in [0.05, 0.1) is 0 Å². The van der Waals surface area contributed by atoms with Crippen LogP contribution < -0.4 is 0 Å². The van der Waals surface area contributed by atoms with E-state index in [2.05, 4.69) is 64.7 Å². The molecule has 17 heavy (non-hydrogen) atoms. The molecule has 92 valence electrons. The number of hydrogen-bond donors (Lipinski definition) is 0. The zero-order valence-corrected chi connectivity index (χ0v) is 12.5. The van der Waals surface area contributed by atoms with Crippen LogP contribution in [-0.2, 0) is 0 Å². The van der Waals surface area contributed by atoms with Gasteiger partial charge in [0.1, 0.15) is 0 Å². The Labute approximate surface area is 118 Å². The van der Waals surface area contributed by atoms with E-state index in [1.807, 2.05) is 0 Å². The zero-order valence-electron chi connectivity index (χ0n) is 10.3. The van der Waals surface area contributed by atoms with Crippen molar-refractivity contribution in [2.45, 2.75) is 42.2 Å². The molecule has 0 radical (unpaired) electrons. The molecule has 3 unspecified atom stereocenters. The largest absolute Gasteiger partial charge is 0.292 e. The third-order valence-electron chi connectivity index (χ3n) is 4.59. The number of likely N-dealkylation sites (tertiary alicyclic amines) is 1. The molecule has 1 nitrogen and oxygen atoms in total. The molecule has 2 aliphatic rings. The number of rotatable bonds is 2. The number of alkyl halides is 1. The van der Waals surface area contributed by atoms with Crippen molar-refractivity contribution in [3.8, 4) is 0 Å². The summed E-state index contributed by atoms with van der Waals surface area (Å²) in [5.41, 5.74) is 1.48. The fraction of sp³-hybridized carbons (Fsp3) is 0.600. The van der Waals surface area contributed by atoms with Crippen molar-refractivity contribution in [3.63, 3.8) is 0 Å². The first-order valence-electron chi connectivity index (χ1n) is 6.72. The Morgan fingerprint density at radius 3 is 2.71 bits per heavy atom. The summed E-state index contributed by atoms with van der Waals surface area (Å²) < 4.78 is 0.867. The summed E-state index contributed by atoms with van der Waals surface area (Å²) in [7, 11) is 0. The normalized spacial score (nSPS) is 34.8. The van der Waals surface area contributed by atoms with Crippen molar-refractivity contribution < 1.29 is 0 Å². The predicted octanol–water partition coefficient (Wildman–Crippen LogP) is 4.04. The highest BCUT2D eigenvalue weighted by Gasteiger charge is 2.44. The van der Waals surface area contributed by atoms with Crippen LogP contribution in [0.25, 0.3) is 0 Å². The van der Waals surface area contributed by atoms with Crippen molar-refractivity contribution in [3.05, 3.63) is 35.9 Å². The average Bonchev–Trinajstić information content (AvgIpc) is 2.93. The summed E-state index contributed by atoms with van der Waals surface area (Å²) in [6.07, 6.45) is 4.30. The monoisotopic (exact) mass is 341 g/mol. The van der Waals surface area contributed by atoms with Crippen LogP contribution in [0.5, 0.6) is 0 Å². The Morgan fingerprint density at radius 2 is 1.94 bits per heavy atom. The van der Waals surface area contributed by atoms with Crippen LogP contribution >= 0.6 is 22.6 Å². The molecular weight excluding hydrogens is 321 g/mol. The van der Waals surface area contributed by atoms with Gasteiger partial charge in [-0.05, 0) is 44.2 Å². The van der Waals surface area contributed by atoms with Gasteiger partial charge in [0.15, 0.2) is 0 Å². The Hall–Kier alpha value is -0.0900. The van der Waals surface area contributed by atoms with Crippen molar-refractivity contribution in [2.24, 2.45) is 5.92 Å². The Kier molecular flexibility index (Phi) is 3.44. The van der Waals surface area contributed by atoms with Gasteiger partial charge in [-0.15, -0.1) is 0 Å². The van der Waals surface area contributed by atoms with E-state index >= 15 is 0 Å². The predicted molar refractivity (Wildman–Crippen MR) is 80.5 cm³/mol. The third kappa shape index (κ3) is 2.14. The number of halogens is 1. The molecule has 1 aromatic carbocycles. The molecule has 1 aliphatic heterocycles. The summed E-state index contributed by atoms with van der Waals surface area (Å²) in [5, 5.41) is 0. The molecule has 1 heterocycles. The van der Waals surface area contributed by atoms with Gasteiger partial charge < -0.3 is 0 Å². The highest BCUT2D eigenvalue weighted by atomic mass is 127. The van der Waals surface area contributed by atoms with Crippen molar-refractivity contribution in [1.82, 2.24) is 4.90 Å². The molecule has 4 atom stereocenters. The molecule has 0 N–H and O–H groups in total. The lowest BCUT2D eigenvalue weighted by atomic mass is 10.0. The average molecular weight is 341 g/mol. The van der Waals surface area contributed by atoms with E-state index < -0.39 is 0 Å². The summed E-state index contributed by atoms with van der Waals surface area (Å²) >= 11 is 2.68. The molecule has 2 heteroatoms. The zero-order chi connectivity index (χ0) is 11.8. The maximum absolute atomic E-state index is 2.75. The lowest BCUT2D eigenvalue weighted by molar-refractivity contribution is 0.189. The standard InChI is InChI=1S/C15H20IN/c1-11(12-5-3-2-4-6-12)17-10-9-13-7-8-14(16)15(13)17/h2-6,11,13-15H,7-10H2,1H3/t11-,13?,14?,15?/m1/s1. The number of benzene rings is 1. The van der Waals surface area contributed by atoms with Crippen LogP contribution in [0.3, 0.4) is 0 Å². The van der Waals surface area contributed by atoms with Gasteiger partial charge in [-0.3, -0.25) is 4.90 Å². The third-order valence-corrected chi connectivity index (χ3v) is 5.95. The second-order valence-electron chi connectivity index (χ2n) is 5.46. The van der Waals surface area contributed by atoms with E-state index in [1.165, 1.54) is 31.4 Å². The van der Waals surface area contributed by atoms with E-state index in [-0.39, 0.29) is 0 Å². The molecule has 1 saturated heterocycles. The summed E-state index contributed by atoms with van der Waals surface area (Å²) in [6, 6.07) is 12.4. The van der Waals surface area contributed by atoms with Crippen LogP contribution in [0.2, 0.25) is 0 Å². The van der Waals surface area contributed by atoms with Gasteiger partial charge in [-0.2, -0.15) is 0 Å². The van der Waals surface area contributed by atoms with Gasteiger partial charge >= 0.3 is 0 Å². The van der Waals surface area contributed by atoms with E-state index in [9.17, 15) is 0 Å². The second kappa shape index (κ2) is 4.88. The minimum atomic E-state index is 0.585. The highest BCUT2D eigenvalue weighted by molar-refractivity contribution is 14.1. The highest BCUT2D eigenvalue weighted by Crippen LogP contribution is 2.44. The maximum atomic E-state index is 2.75. The second-order valence-corrected chi connectivity index (χ2v) is 7.06. The minimum Gasteiger partial charge on any atom is -0.292 e. The van der Waals surface area contributed by atoms with Crippen molar-refractivity contribution in [2.75, 3.05) is 6.54 Å². The van der Waals surface area contributed by atoms with Crippen LogP contribution in [-0.4, -0.2) is 21.4 Å². The molecule has 0 aromatic heterocycles. The fourth-order valence-electron chi connectivity index (χ4n) is 3.64. The quantitative estimate of drug-likeness (QED) is 0.580. The lowest BCUT2D eigenvalue weighted by Gasteiger charge is -2.32. The molecule has 0 bridgehead atoms. The summed E-state index contributed by atoms with van der Waals surface area (Å²) in [5.74, 6) is 0.975. The fourth-order valence-corrected chi connectivity index (χ4v) is 5.00. The van der Waals surface area contributed by atoms with Crippen molar-refractivity contribution in [1.29, 1.82) is 0 Å². The number of fused-ring (bicyclic) bond motifs is 1. The molecule has 1 aromatic rings. The van der Waals surface area contributed by atoms with Gasteiger partial charge in [0.25, 0.3) is 0 Å². The van der Waals surface area contributed by atoms with Crippen LogP contribution in [0, 0.1) is 5.92 Å². The van der Waals surface area contributed by atoms with E-state index in [0.717, 1.165) is 15.9 Å². The first-order valence-corrected chi connectivity index (χ1v) is 7.96. The Bertz CT molecular complexity index is 378. The maximum Gasteiger partial charge on any atom is 0.0323 e. The molecule has 3 rings (SSSR count). The lowest BCUT2D eigenvalue weighted by Crippen LogP contribution is -2.37. The van der Waals surface area contributed by atoms with Crippen LogP contribution in [0.4, 0.5) is 0 Å². The first kappa shape index (κ1) is 12.0. The first-order chi connectivity index (χ1) is 8.27. The molecule has 1 aliphatic carbocycles. The van der Waals surface area contributed by atoms with Crippen LogP contribution in [0.1, 0.15) is 37.8 Å². The molecular formula is C15H20IN. The molecule has 1 saturated carbocycles. The number of hydrogen-bond acceptors (Lipinski definition) is 1. The SMILES string of the molecule is C[C@H](c1ccccc1)N1CCC2CCC(I)C21. The molecule has 0 spiro atoms. The van der Waals surface area contributed by atoms with E-state index in [0.29, 0.717) is 6.04 Å². The van der Waals surface area contributed by atoms with E-state index in [1.54, 1.807) is 0 Å². The summed E-state index contributed by atoms with van der Waals surface area (Å²) in [6.45, 7) is 3.67. The number of nitrogens with zero attached hydrogens (tertiary/aromatic N) is 1. The summed E-state index contributed by atoms with van der Waals surface area (Å²) in [4.78, 5) is 2.75. The Morgan fingerprint density at radius 1 is 1.18 bits per heavy atom. The molecule has 2 fully saturated rings. The topological polar surface area (TPSA) is 3.24 Å². The van der Waals surface area contributed by atoms with Gasteiger partial charge in [-0.25, -0.2) is 0 Å². The van der Waals surface area contributed by atoms with Gasteiger partial charge in [0.2, 0.25) is 0 Å².